The van der Waals surface area contributed by atoms with Crippen LogP contribution in [0.2, 0.25) is 0 Å². The van der Waals surface area contributed by atoms with Crippen LogP contribution in [0.5, 0.6) is 0 Å². The highest BCUT2D eigenvalue weighted by molar-refractivity contribution is 7.13. The average molecular weight is 585 g/mol. The Hall–Kier alpha value is -4.79. The number of halogens is 1. The number of aromatic nitrogens is 2. The highest BCUT2D eigenvalue weighted by Crippen LogP contribution is 2.37. The van der Waals surface area contributed by atoms with Crippen LogP contribution in [-0.4, -0.2) is 40.2 Å². The summed E-state index contributed by atoms with van der Waals surface area (Å²) in [5.41, 5.74) is 5.33. The Kier molecular flexibility index (Phi) is 8.83. The number of alkyl halides is 1. The second-order valence-electron chi connectivity index (χ2n) is 8.98. The van der Waals surface area contributed by atoms with Crippen molar-refractivity contribution in [2.24, 2.45) is 4.99 Å². The fourth-order valence-corrected chi connectivity index (χ4v) is 5.47. The van der Waals surface area contributed by atoms with Crippen molar-refractivity contribution in [1.82, 2.24) is 15.3 Å². The lowest BCUT2D eigenvalue weighted by molar-refractivity contribution is -0.115. The van der Waals surface area contributed by atoms with E-state index in [0.29, 0.717) is 30.2 Å². The molecule has 2 amide bonds. The Labute approximate surface area is 245 Å². The van der Waals surface area contributed by atoms with Crippen LogP contribution in [0.4, 0.5) is 17.1 Å². The van der Waals surface area contributed by atoms with E-state index in [2.05, 4.69) is 30.9 Å². The zero-order valence-electron chi connectivity index (χ0n) is 21.8. The maximum absolute atomic E-state index is 13.5. The highest BCUT2D eigenvalue weighted by Gasteiger charge is 2.29. The van der Waals surface area contributed by atoms with Gasteiger partial charge in [-0.1, -0.05) is 24.3 Å². The van der Waals surface area contributed by atoms with Crippen molar-refractivity contribution in [1.29, 1.82) is 5.26 Å². The van der Waals surface area contributed by atoms with Crippen LogP contribution in [0.15, 0.2) is 78.2 Å². The molecule has 0 atom stereocenters. The number of aliphatic imine (C=N–C) groups is 1. The summed E-state index contributed by atoms with van der Waals surface area (Å²) in [5.74, 6) is 0.242. The van der Waals surface area contributed by atoms with Gasteiger partial charge in [-0.05, 0) is 53.4 Å². The van der Waals surface area contributed by atoms with E-state index in [9.17, 15) is 9.59 Å². The van der Waals surface area contributed by atoms with Crippen LogP contribution < -0.4 is 20.9 Å². The van der Waals surface area contributed by atoms with Gasteiger partial charge in [-0.3, -0.25) is 14.6 Å². The van der Waals surface area contributed by atoms with Crippen molar-refractivity contribution >= 4 is 57.8 Å². The number of benzene rings is 2. The molecule has 0 unspecified atom stereocenters. The number of hydrogen-bond acceptors (Lipinski definition) is 7. The van der Waals surface area contributed by atoms with Crippen LogP contribution in [0.25, 0.3) is 11.1 Å². The molecule has 0 spiro atoms. The maximum atomic E-state index is 13.5. The minimum Gasteiger partial charge on any atom is -0.350 e. The second-order valence-corrected chi connectivity index (χ2v) is 10.5. The molecule has 0 radical (unpaired) electrons. The summed E-state index contributed by atoms with van der Waals surface area (Å²) in [5, 5.41) is 18.4. The van der Waals surface area contributed by atoms with E-state index in [0.717, 1.165) is 32.9 Å². The number of amides is 2. The Bertz CT molecular complexity index is 1630. The summed E-state index contributed by atoms with van der Waals surface area (Å²) < 4.78 is 0. The van der Waals surface area contributed by atoms with E-state index in [4.69, 9.17) is 16.9 Å². The summed E-state index contributed by atoms with van der Waals surface area (Å²) in [6.07, 6.45) is 7.64. The van der Waals surface area contributed by atoms with Crippen molar-refractivity contribution in [3.63, 3.8) is 0 Å². The first-order chi connectivity index (χ1) is 20.1. The molecular weight excluding hydrogens is 560 g/mol. The van der Waals surface area contributed by atoms with Gasteiger partial charge in [0.05, 0.1) is 6.54 Å². The minimum absolute atomic E-state index is 0.135. The first-order valence-corrected chi connectivity index (χ1v) is 14.1. The van der Waals surface area contributed by atoms with E-state index in [1.165, 1.54) is 11.3 Å². The molecule has 0 saturated heterocycles. The lowest BCUT2D eigenvalue weighted by atomic mass is 9.97. The van der Waals surface area contributed by atoms with Gasteiger partial charge in [0.15, 0.2) is 5.01 Å². The van der Waals surface area contributed by atoms with Crippen LogP contribution in [-0.2, 0) is 17.8 Å². The van der Waals surface area contributed by atoms with Crippen LogP contribution in [0.1, 0.15) is 26.7 Å². The third-order valence-corrected chi connectivity index (χ3v) is 7.50. The molecule has 0 saturated carbocycles. The van der Waals surface area contributed by atoms with E-state index in [-0.39, 0.29) is 30.1 Å². The van der Waals surface area contributed by atoms with Crippen LogP contribution >= 0.6 is 22.9 Å². The number of thiazole rings is 1. The predicted octanol–water partition coefficient (Wildman–Crippen LogP) is 5.01. The van der Waals surface area contributed by atoms with Gasteiger partial charge in [-0.15, -0.1) is 27.9 Å². The molecule has 3 N–H and O–H groups in total. The molecule has 3 heterocycles. The van der Waals surface area contributed by atoms with Gasteiger partial charge in [0, 0.05) is 59.4 Å². The molecule has 1 aliphatic heterocycles. The molecule has 5 rings (SSSR count). The molecule has 0 bridgehead atoms. The van der Waals surface area contributed by atoms with Crippen molar-refractivity contribution in [3.8, 4) is 17.3 Å². The number of anilines is 3. The number of carbonyl (C=O) groups is 2. The molecule has 1 aliphatic rings. The number of rotatable bonds is 8. The first kappa shape index (κ1) is 27.8. The SMILES string of the molecule is N#C/N=C(\NCc1cnc(C(=O)N2CCc3c(-c4cccc(NC(=O)CCCl)c4)cccc32)s1)Nc1ccncc1. The molecule has 10 nitrogen and oxygen atoms in total. The van der Waals surface area contributed by atoms with Crippen molar-refractivity contribution in [3.05, 3.63) is 88.6 Å². The number of pyridine rings is 1. The largest absolute Gasteiger partial charge is 0.350 e. The first-order valence-electron chi connectivity index (χ1n) is 12.8. The van der Waals surface area contributed by atoms with Gasteiger partial charge >= 0.3 is 0 Å². The standard InChI is InChI=1S/C29H25ClN8O2S/c30-11-7-26(39)36-21-4-1-3-19(15-21)23-5-2-6-25-24(23)10-14-38(25)28(40)27-33-16-22(41-27)17-34-29(35-18-31)37-20-8-12-32-13-9-20/h1-6,8-9,12-13,15-16H,7,10-11,14,17H2,(H,36,39)(H2,32,34,35,37). The zero-order chi connectivity index (χ0) is 28.6. The summed E-state index contributed by atoms with van der Waals surface area (Å²) in [4.78, 5) is 40.2. The lowest BCUT2D eigenvalue weighted by Crippen LogP contribution is -2.29. The van der Waals surface area contributed by atoms with E-state index >= 15 is 0 Å². The molecule has 0 fully saturated rings. The molecular formula is C29H25ClN8O2S. The Morgan fingerprint density at radius 1 is 1.10 bits per heavy atom. The van der Waals surface area contributed by atoms with Crippen molar-refractivity contribution in [2.75, 3.05) is 28.0 Å². The number of nitriles is 1. The zero-order valence-corrected chi connectivity index (χ0v) is 23.4. The number of carbonyl (C=O) groups excluding carboxylic acids is 2. The summed E-state index contributed by atoms with van der Waals surface area (Å²) >= 11 is 6.98. The van der Waals surface area contributed by atoms with Gasteiger partial charge in [0.1, 0.15) is 0 Å². The van der Waals surface area contributed by atoms with Gasteiger partial charge in [0.2, 0.25) is 18.1 Å². The molecule has 41 heavy (non-hydrogen) atoms. The fourth-order valence-electron chi connectivity index (χ4n) is 4.50. The Morgan fingerprint density at radius 3 is 2.73 bits per heavy atom. The van der Waals surface area contributed by atoms with Crippen LogP contribution in [0.3, 0.4) is 0 Å². The molecule has 2 aromatic carbocycles. The number of fused-ring (bicyclic) bond motifs is 1. The highest BCUT2D eigenvalue weighted by atomic mass is 35.5. The summed E-state index contributed by atoms with van der Waals surface area (Å²) in [6, 6.07) is 17.1. The smallest absolute Gasteiger partial charge is 0.287 e. The topological polar surface area (TPSA) is 135 Å². The monoisotopic (exact) mass is 584 g/mol. The maximum Gasteiger partial charge on any atom is 0.287 e. The summed E-state index contributed by atoms with van der Waals surface area (Å²) in [7, 11) is 0. The molecule has 4 aromatic rings. The molecule has 0 aliphatic carbocycles. The lowest BCUT2D eigenvalue weighted by Gasteiger charge is -2.17. The van der Waals surface area contributed by atoms with Crippen molar-refractivity contribution < 1.29 is 9.59 Å². The third kappa shape index (κ3) is 6.69. The van der Waals surface area contributed by atoms with E-state index < -0.39 is 0 Å². The Morgan fingerprint density at radius 2 is 1.93 bits per heavy atom. The summed E-state index contributed by atoms with van der Waals surface area (Å²) in [6.45, 7) is 0.876. The molecule has 2 aromatic heterocycles. The minimum atomic E-state index is -0.167. The second kappa shape index (κ2) is 13.0. The van der Waals surface area contributed by atoms with Gasteiger partial charge in [0.25, 0.3) is 5.91 Å². The number of hydrogen-bond donors (Lipinski definition) is 3. The van der Waals surface area contributed by atoms with E-state index in [1.807, 2.05) is 42.5 Å². The average Bonchev–Trinajstić information content (AvgIpc) is 3.64. The molecule has 206 valence electrons. The number of nitrogens with one attached hydrogen (secondary N) is 3. The van der Waals surface area contributed by atoms with Gasteiger partial charge in [-0.25, -0.2) is 4.98 Å². The van der Waals surface area contributed by atoms with Crippen molar-refractivity contribution in [2.45, 2.75) is 19.4 Å². The number of nitrogens with zero attached hydrogens (tertiary/aromatic N) is 5. The van der Waals surface area contributed by atoms with Crippen LogP contribution in [0, 0.1) is 11.5 Å². The van der Waals surface area contributed by atoms with E-state index in [1.54, 1.807) is 41.8 Å². The fraction of sp³-hybridized carbons (Fsp3) is 0.172. The molecule has 12 heteroatoms. The Balaban J connectivity index is 1.28. The van der Waals surface area contributed by atoms with Gasteiger partial charge < -0.3 is 20.9 Å². The quantitative estimate of drug-likeness (QED) is 0.115. The van der Waals surface area contributed by atoms with Gasteiger partial charge in [-0.2, -0.15) is 5.26 Å². The number of guanidine groups is 1. The normalized spacial score (nSPS) is 12.4. The third-order valence-electron chi connectivity index (χ3n) is 6.32. The predicted molar refractivity (Wildman–Crippen MR) is 161 cm³/mol.